The van der Waals surface area contributed by atoms with Crippen LogP contribution in [0.25, 0.3) is 0 Å². The maximum atomic E-state index is 12.2. The van der Waals surface area contributed by atoms with Gasteiger partial charge in [0.1, 0.15) is 0 Å². The number of carbonyl (C=O) groups excluding carboxylic acids is 1. The summed E-state index contributed by atoms with van der Waals surface area (Å²) in [7, 11) is 0. The Morgan fingerprint density at radius 1 is 1.14 bits per heavy atom. The standard InChI is InChI=1S/C17H18ClNO2/c1-11-5-3-4-6-15(11)17(21)19-12(2)16(20)13-7-9-14(18)10-8-13/h3-10,12,16,20H,1-2H3,(H,19,21). The number of nitrogens with one attached hydrogen (secondary N) is 1. The summed E-state index contributed by atoms with van der Waals surface area (Å²) in [5.41, 5.74) is 2.24. The van der Waals surface area contributed by atoms with Gasteiger partial charge in [-0.05, 0) is 43.2 Å². The topological polar surface area (TPSA) is 49.3 Å². The van der Waals surface area contributed by atoms with Crippen molar-refractivity contribution in [1.29, 1.82) is 0 Å². The van der Waals surface area contributed by atoms with E-state index in [0.29, 0.717) is 10.6 Å². The second-order valence-electron chi connectivity index (χ2n) is 5.07. The summed E-state index contributed by atoms with van der Waals surface area (Å²) in [6, 6.07) is 13.9. The molecule has 4 heteroatoms. The lowest BCUT2D eigenvalue weighted by Gasteiger charge is -2.21. The fourth-order valence-electron chi connectivity index (χ4n) is 2.14. The fourth-order valence-corrected chi connectivity index (χ4v) is 2.27. The number of benzene rings is 2. The largest absolute Gasteiger partial charge is 0.386 e. The molecule has 1 amide bonds. The monoisotopic (exact) mass is 303 g/mol. The number of halogens is 1. The first-order chi connectivity index (χ1) is 9.99. The van der Waals surface area contributed by atoms with Gasteiger partial charge in [0.05, 0.1) is 12.1 Å². The van der Waals surface area contributed by atoms with Crippen LogP contribution in [0.4, 0.5) is 0 Å². The normalized spacial score (nSPS) is 13.5. The number of rotatable bonds is 4. The van der Waals surface area contributed by atoms with Crippen LogP contribution in [-0.2, 0) is 0 Å². The minimum Gasteiger partial charge on any atom is -0.386 e. The van der Waals surface area contributed by atoms with Gasteiger partial charge in [0.25, 0.3) is 5.91 Å². The molecule has 2 N–H and O–H groups in total. The Hall–Kier alpha value is -1.84. The summed E-state index contributed by atoms with van der Waals surface area (Å²) >= 11 is 5.83. The van der Waals surface area contributed by atoms with Crippen LogP contribution in [-0.4, -0.2) is 17.1 Å². The molecule has 0 aliphatic heterocycles. The Morgan fingerprint density at radius 2 is 1.76 bits per heavy atom. The highest BCUT2D eigenvalue weighted by atomic mass is 35.5. The quantitative estimate of drug-likeness (QED) is 0.908. The lowest BCUT2D eigenvalue weighted by Crippen LogP contribution is -2.37. The van der Waals surface area contributed by atoms with Crippen molar-refractivity contribution in [2.45, 2.75) is 26.0 Å². The zero-order chi connectivity index (χ0) is 15.4. The maximum absolute atomic E-state index is 12.2. The van der Waals surface area contributed by atoms with Crippen LogP contribution in [0.15, 0.2) is 48.5 Å². The Labute approximate surface area is 129 Å². The van der Waals surface area contributed by atoms with Gasteiger partial charge in [-0.15, -0.1) is 0 Å². The first-order valence-corrected chi connectivity index (χ1v) is 7.17. The van der Waals surface area contributed by atoms with Gasteiger partial charge in [-0.2, -0.15) is 0 Å². The van der Waals surface area contributed by atoms with E-state index in [-0.39, 0.29) is 5.91 Å². The van der Waals surface area contributed by atoms with E-state index in [9.17, 15) is 9.90 Å². The van der Waals surface area contributed by atoms with Crippen molar-refractivity contribution in [1.82, 2.24) is 5.32 Å². The first kappa shape index (κ1) is 15.5. The van der Waals surface area contributed by atoms with Crippen molar-refractivity contribution in [3.05, 3.63) is 70.2 Å². The Kier molecular flexibility index (Phi) is 4.99. The lowest BCUT2D eigenvalue weighted by atomic mass is 10.0. The number of hydrogen-bond donors (Lipinski definition) is 2. The fraction of sp³-hybridized carbons (Fsp3) is 0.235. The second kappa shape index (κ2) is 6.74. The van der Waals surface area contributed by atoms with Gasteiger partial charge in [0.15, 0.2) is 0 Å². The van der Waals surface area contributed by atoms with E-state index < -0.39 is 12.1 Å². The molecule has 0 fully saturated rings. The van der Waals surface area contributed by atoms with E-state index in [1.54, 1.807) is 37.3 Å². The average Bonchev–Trinajstić information content (AvgIpc) is 2.47. The number of aliphatic hydroxyl groups is 1. The summed E-state index contributed by atoms with van der Waals surface area (Å²) in [5, 5.41) is 13.7. The SMILES string of the molecule is Cc1ccccc1C(=O)NC(C)C(O)c1ccc(Cl)cc1. The second-order valence-corrected chi connectivity index (χ2v) is 5.51. The molecular formula is C17H18ClNO2. The molecule has 21 heavy (non-hydrogen) atoms. The van der Waals surface area contributed by atoms with Gasteiger partial charge in [-0.25, -0.2) is 0 Å². The van der Waals surface area contributed by atoms with Crippen LogP contribution >= 0.6 is 11.6 Å². The van der Waals surface area contributed by atoms with Gasteiger partial charge < -0.3 is 10.4 Å². The molecule has 2 aromatic carbocycles. The van der Waals surface area contributed by atoms with Crippen LogP contribution in [0, 0.1) is 6.92 Å². The van der Waals surface area contributed by atoms with Crippen molar-refractivity contribution in [3.8, 4) is 0 Å². The van der Waals surface area contributed by atoms with E-state index in [1.807, 2.05) is 25.1 Å². The molecule has 110 valence electrons. The minimum atomic E-state index is -0.782. The summed E-state index contributed by atoms with van der Waals surface area (Å²) in [5.74, 6) is -0.186. The molecule has 2 aromatic rings. The molecule has 2 rings (SSSR count). The smallest absolute Gasteiger partial charge is 0.251 e. The van der Waals surface area contributed by atoms with E-state index in [2.05, 4.69) is 5.32 Å². The summed E-state index contributed by atoms with van der Waals surface area (Å²) < 4.78 is 0. The molecule has 0 bridgehead atoms. The highest BCUT2D eigenvalue weighted by molar-refractivity contribution is 6.30. The van der Waals surface area contributed by atoms with Crippen molar-refractivity contribution in [2.24, 2.45) is 0 Å². The number of hydrogen-bond acceptors (Lipinski definition) is 2. The Morgan fingerprint density at radius 3 is 2.38 bits per heavy atom. The Bertz CT molecular complexity index is 625. The number of amides is 1. The van der Waals surface area contributed by atoms with Crippen molar-refractivity contribution >= 4 is 17.5 Å². The molecular weight excluding hydrogens is 286 g/mol. The predicted molar refractivity (Wildman–Crippen MR) is 84.5 cm³/mol. The van der Waals surface area contributed by atoms with Crippen LogP contribution in [0.1, 0.15) is 34.5 Å². The molecule has 0 heterocycles. The molecule has 2 unspecified atom stereocenters. The highest BCUT2D eigenvalue weighted by Gasteiger charge is 2.19. The van der Waals surface area contributed by atoms with Crippen molar-refractivity contribution < 1.29 is 9.90 Å². The maximum Gasteiger partial charge on any atom is 0.251 e. The van der Waals surface area contributed by atoms with Gasteiger partial charge in [0, 0.05) is 10.6 Å². The molecule has 0 spiro atoms. The van der Waals surface area contributed by atoms with Gasteiger partial charge >= 0.3 is 0 Å². The summed E-state index contributed by atoms with van der Waals surface area (Å²) in [4.78, 5) is 12.2. The average molecular weight is 304 g/mol. The molecule has 2 atom stereocenters. The van der Waals surface area contributed by atoms with Crippen molar-refractivity contribution in [3.63, 3.8) is 0 Å². The lowest BCUT2D eigenvalue weighted by molar-refractivity contribution is 0.0851. The van der Waals surface area contributed by atoms with Crippen LogP contribution in [0.2, 0.25) is 5.02 Å². The molecule has 0 saturated carbocycles. The molecule has 0 aliphatic carbocycles. The Balaban J connectivity index is 2.07. The third kappa shape index (κ3) is 3.84. The van der Waals surface area contributed by atoms with Gasteiger partial charge in [0.2, 0.25) is 0 Å². The molecule has 0 radical (unpaired) electrons. The molecule has 0 saturated heterocycles. The first-order valence-electron chi connectivity index (χ1n) is 6.79. The van der Waals surface area contributed by atoms with E-state index in [1.165, 1.54) is 0 Å². The number of aryl methyl sites for hydroxylation is 1. The zero-order valence-electron chi connectivity index (χ0n) is 12.0. The molecule has 0 aromatic heterocycles. The van der Waals surface area contributed by atoms with Gasteiger partial charge in [-0.3, -0.25) is 4.79 Å². The number of aliphatic hydroxyl groups excluding tert-OH is 1. The minimum absolute atomic E-state index is 0.186. The predicted octanol–water partition coefficient (Wildman–Crippen LogP) is 3.50. The van der Waals surface area contributed by atoms with Crippen molar-refractivity contribution in [2.75, 3.05) is 0 Å². The van der Waals surface area contributed by atoms with Gasteiger partial charge in [-0.1, -0.05) is 41.9 Å². The summed E-state index contributed by atoms with van der Waals surface area (Å²) in [6.45, 7) is 3.66. The van der Waals surface area contributed by atoms with E-state index >= 15 is 0 Å². The van der Waals surface area contributed by atoms with Crippen LogP contribution in [0.5, 0.6) is 0 Å². The van der Waals surface area contributed by atoms with Crippen LogP contribution < -0.4 is 5.32 Å². The van der Waals surface area contributed by atoms with E-state index in [4.69, 9.17) is 11.6 Å². The molecule has 3 nitrogen and oxygen atoms in total. The third-order valence-electron chi connectivity index (χ3n) is 3.43. The molecule has 0 aliphatic rings. The van der Waals surface area contributed by atoms with E-state index in [0.717, 1.165) is 11.1 Å². The zero-order valence-corrected chi connectivity index (χ0v) is 12.8. The number of carbonyl (C=O) groups is 1. The van der Waals surface area contributed by atoms with Crippen LogP contribution in [0.3, 0.4) is 0 Å². The highest BCUT2D eigenvalue weighted by Crippen LogP contribution is 2.19. The third-order valence-corrected chi connectivity index (χ3v) is 3.69. The summed E-state index contributed by atoms with van der Waals surface area (Å²) in [6.07, 6.45) is -0.782.